The second-order valence-electron chi connectivity index (χ2n) is 5.13. The van der Waals surface area contributed by atoms with E-state index in [9.17, 15) is 8.42 Å². The van der Waals surface area contributed by atoms with E-state index in [4.69, 9.17) is 0 Å². The molecular formula is C13H28N2O2S. The van der Waals surface area contributed by atoms with Crippen LogP contribution in [0.4, 0.5) is 0 Å². The highest BCUT2D eigenvalue weighted by atomic mass is 32.2. The molecule has 0 aromatic carbocycles. The molecule has 0 saturated carbocycles. The van der Waals surface area contributed by atoms with E-state index in [1.54, 1.807) is 6.92 Å². The molecule has 1 heterocycles. The summed E-state index contributed by atoms with van der Waals surface area (Å²) < 4.78 is 23.0. The van der Waals surface area contributed by atoms with E-state index in [0.29, 0.717) is 11.8 Å². The van der Waals surface area contributed by atoms with Crippen molar-refractivity contribution in [3.8, 4) is 0 Å². The van der Waals surface area contributed by atoms with Gasteiger partial charge in [0.05, 0.1) is 5.75 Å². The van der Waals surface area contributed by atoms with Gasteiger partial charge < -0.3 is 5.32 Å². The molecule has 0 bridgehead atoms. The van der Waals surface area contributed by atoms with Crippen molar-refractivity contribution in [3.05, 3.63) is 0 Å². The van der Waals surface area contributed by atoms with E-state index < -0.39 is 9.84 Å². The maximum absolute atomic E-state index is 11.5. The van der Waals surface area contributed by atoms with Gasteiger partial charge in [0.1, 0.15) is 9.84 Å². The first-order chi connectivity index (χ1) is 8.59. The molecule has 1 aliphatic heterocycles. The SMILES string of the molecule is CCCN(CCCS(=O)(=O)CC)C1CCCNC1. The first-order valence-electron chi connectivity index (χ1n) is 7.24. The zero-order chi connectivity index (χ0) is 13.4. The Morgan fingerprint density at radius 1 is 1.28 bits per heavy atom. The Bertz CT molecular complexity index is 311. The van der Waals surface area contributed by atoms with E-state index in [0.717, 1.165) is 39.0 Å². The number of sulfone groups is 1. The molecule has 1 atom stereocenters. The maximum Gasteiger partial charge on any atom is 0.150 e. The van der Waals surface area contributed by atoms with Gasteiger partial charge in [-0.05, 0) is 45.3 Å². The smallest absolute Gasteiger partial charge is 0.150 e. The van der Waals surface area contributed by atoms with Crippen molar-refractivity contribution in [1.29, 1.82) is 0 Å². The molecule has 1 aliphatic rings. The van der Waals surface area contributed by atoms with Gasteiger partial charge in [0.2, 0.25) is 0 Å². The van der Waals surface area contributed by atoms with Crippen LogP contribution in [-0.2, 0) is 9.84 Å². The summed E-state index contributed by atoms with van der Waals surface area (Å²) in [6.45, 7) is 8.09. The third-order valence-corrected chi connectivity index (χ3v) is 5.43. The normalized spacial score (nSPS) is 21.4. The second-order valence-corrected chi connectivity index (χ2v) is 7.60. The summed E-state index contributed by atoms with van der Waals surface area (Å²) >= 11 is 0. The molecule has 108 valence electrons. The van der Waals surface area contributed by atoms with Crippen molar-refractivity contribution in [3.63, 3.8) is 0 Å². The lowest BCUT2D eigenvalue weighted by molar-refractivity contribution is 0.166. The molecule has 1 unspecified atom stereocenters. The van der Waals surface area contributed by atoms with Crippen molar-refractivity contribution in [2.75, 3.05) is 37.7 Å². The molecule has 0 aromatic heterocycles. The van der Waals surface area contributed by atoms with Gasteiger partial charge >= 0.3 is 0 Å². The lowest BCUT2D eigenvalue weighted by Gasteiger charge is -2.34. The molecule has 0 radical (unpaired) electrons. The largest absolute Gasteiger partial charge is 0.315 e. The molecule has 1 N–H and O–H groups in total. The zero-order valence-electron chi connectivity index (χ0n) is 11.8. The Morgan fingerprint density at radius 3 is 2.61 bits per heavy atom. The molecular weight excluding hydrogens is 248 g/mol. The highest BCUT2D eigenvalue weighted by Gasteiger charge is 2.20. The first kappa shape index (κ1) is 15.9. The number of rotatable bonds is 8. The lowest BCUT2D eigenvalue weighted by atomic mass is 10.1. The maximum atomic E-state index is 11.5. The predicted octanol–water partition coefficient (Wildman–Crippen LogP) is 1.28. The van der Waals surface area contributed by atoms with Crippen LogP contribution in [0.2, 0.25) is 0 Å². The predicted molar refractivity (Wildman–Crippen MR) is 76.7 cm³/mol. The quantitative estimate of drug-likeness (QED) is 0.725. The molecule has 1 rings (SSSR count). The van der Waals surface area contributed by atoms with Crippen LogP contribution in [0.15, 0.2) is 0 Å². The van der Waals surface area contributed by atoms with Crippen molar-refractivity contribution >= 4 is 9.84 Å². The second kappa shape index (κ2) is 8.12. The minimum Gasteiger partial charge on any atom is -0.315 e. The van der Waals surface area contributed by atoms with Gasteiger partial charge in [0.25, 0.3) is 0 Å². The van der Waals surface area contributed by atoms with Crippen LogP contribution < -0.4 is 5.32 Å². The molecule has 0 aromatic rings. The highest BCUT2D eigenvalue weighted by molar-refractivity contribution is 7.91. The summed E-state index contributed by atoms with van der Waals surface area (Å²) in [6.07, 6.45) is 4.38. The fourth-order valence-electron chi connectivity index (χ4n) is 2.54. The number of nitrogens with one attached hydrogen (secondary N) is 1. The minimum atomic E-state index is -2.80. The van der Waals surface area contributed by atoms with Crippen LogP contribution in [0.3, 0.4) is 0 Å². The number of hydrogen-bond acceptors (Lipinski definition) is 4. The van der Waals surface area contributed by atoms with Crippen LogP contribution in [0, 0.1) is 0 Å². The Kier molecular flexibility index (Phi) is 7.19. The van der Waals surface area contributed by atoms with Gasteiger partial charge in [0, 0.05) is 18.3 Å². The topological polar surface area (TPSA) is 49.4 Å². The van der Waals surface area contributed by atoms with Crippen LogP contribution >= 0.6 is 0 Å². The van der Waals surface area contributed by atoms with Crippen LogP contribution in [0.25, 0.3) is 0 Å². The summed E-state index contributed by atoms with van der Waals surface area (Å²) in [5, 5.41) is 3.43. The lowest BCUT2D eigenvalue weighted by Crippen LogP contribution is -2.46. The third-order valence-electron chi connectivity index (χ3n) is 3.64. The fraction of sp³-hybridized carbons (Fsp3) is 1.00. The van der Waals surface area contributed by atoms with Crippen molar-refractivity contribution in [1.82, 2.24) is 10.2 Å². The number of hydrogen-bond donors (Lipinski definition) is 1. The van der Waals surface area contributed by atoms with Gasteiger partial charge in [-0.15, -0.1) is 0 Å². The van der Waals surface area contributed by atoms with Crippen LogP contribution in [0.1, 0.15) is 39.5 Å². The monoisotopic (exact) mass is 276 g/mol. The van der Waals surface area contributed by atoms with Gasteiger partial charge in [-0.1, -0.05) is 13.8 Å². The molecule has 4 nitrogen and oxygen atoms in total. The summed E-state index contributed by atoms with van der Waals surface area (Å²) in [5.41, 5.74) is 0. The van der Waals surface area contributed by atoms with Gasteiger partial charge in [-0.25, -0.2) is 8.42 Å². The van der Waals surface area contributed by atoms with Crippen LogP contribution in [0.5, 0.6) is 0 Å². The van der Waals surface area contributed by atoms with E-state index in [1.165, 1.54) is 12.8 Å². The van der Waals surface area contributed by atoms with E-state index >= 15 is 0 Å². The highest BCUT2D eigenvalue weighted by Crippen LogP contribution is 2.11. The van der Waals surface area contributed by atoms with Crippen molar-refractivity contribution in [2.45, 2.75) is 45.6 Å². The Balaban J connectivity index is 2.37. The molecule has 1 fully saturated rings. The molecule has 0 amide bonds. The van der Waals surface area contributed by atoms with Gasteiger partial charge in [-0.3, -0.25) is 4.90 Å². The Labute approximate surface area is 112 Å². The number of piperidine rings is 1. The first-order valence-corrected chi connectivity index (χ1v) is 9.06. The van der Waals surface area contributed by atoms with Gasteiger partial charge in [-0.2, -0.15) is 0 Å². The fourth-order valence-corrected chi connectivity index (χ4v) is 3.40. The average Bonchev–Trinajstić information content (AvgIpc) is 2.39. The molecule has 18 heavy (non-hydrogen) atoms. The summed E-state index contributed by atoms with van der Waals surface area (Å²) in [7, 11) is -2.80. The Hall–Kier alpha value is -0.130. The average molecular weight is 276 g/mol. The van der Waals surface area contributed by atoms with E-state index in [2.05, 4.69) is 17.1 Å². The van der Waals surface area contributed by atoms with E-state index in [1.807, 2.05) is 0 Å². The van der Waals surface area contributed by atoms with Crippen molar-refractivity contribution in [2.24, 2.45) is 0 Å². The standard InChI is InChI=1S/C13H28N2O2S/c1-3-9-15(13-7-5-8-14-12-13)10-6-11-18(16,17)4-2/h13-14H,3-12H2,1-2H3. The molecule has 5 heteroatoms. The van der Waals surface area contributed by atoms with Gasteiger partial charge in [0.15, 0.2) is 0 Å². The van der Waals surface area contributed by atoms with Crippen LogP contribution in [-0.4, -0.2) is 57.0 Å². The summed E-state index contributed by atoms with van der Waals surface area (Å²) in [4.78, 5) is 2.47. The summed E-state index contributed by atoms with van der Waals surface area (Å²) in [6, 6.07) is 0.600. The third kappa shape index (κ3) is 5.67. The molecule has 0 spiro atoms. The summed E-state index contributed by atoms with van der Waals surface area (Å²) in [5.74, 6) is 0.607. The number of nitrogens with zero attached hydrogens (tertiary/aromatic N) is 1. The molecule has 0 aliphatic carbocycles. The minimum absolute atomic E-state index is 0.270. The molecule has 1 saturated heterocycles. The Morgan fingerprint density at radius 2 is 2.06 bits per heavy atom. The zero-order valence-corrected chi connectivity index (χ0v) is 12.6. The van der Waals surface area contributed by atoms with Crippen molar-refractivity contribution < 1.29 is 8.42 Å². The van der Waals surface area contributed by atoms with E-state index in [-0.39, 0.29) is 5.75 Å².